The van der Waals surface area contributed by atoms with E-state index in [2.05, 4.69) is 29.9 Å². The van der Waals surface area contributed by atoms with Crippen molar-refractivity contribution < 1.29 is 0 Å². The lowest BCUT2D eigenvalue weighted by Gasteiger charge is -2.08. The molecule has 0 N–H and O–H groups in total. The fourth-order valence-corrected chi connectivity index (χ4v) is 3.13. The second-order valence-corrected chi connectivity index (χ2v) is 7.03. The number of aryl methyl sites for hydroxylation is 2. The van der Waals surface area contributed by atoms with Gasteiger partial charge in [-0.05, 0) is 31.7 Å². The van der Waals surface area contributed by atoms with Crippen molar-refractivity contribution in [1.29, 1.82) is 0 Å². The first kappa shape index (κ1) is 21.1. The van der Waals surface area contributed by atoms with E-state index in [0.717, 1.165) is 18.7 Å². The quantitative estimate of drug-likeness (QED) is 0.328. The summed E-state index contributed by atoms with van der Waals surface area (Å²) in [7, 11) is 0. The van der Waals surface area contributed by atoms with Gasteiger partial charge < -0.3 is 0 Å². The van der Waals surface area contributed by atoms with E-state index in [1.807, 2.05) is 13.3 Å². The second-order valence-electron chi connectivity index (χ2n) is 7.03. The van der Waals surface area contributed by atoms with Crippen LogP contribution in [0.5, 0.6) is 0 Å². The summed E-state index contributed by atoms with van der Waals surface area (Å²) in [5.41, 5.74) is 2.49. The van der Waals surface area contributed by atoms with Crippen LogP contribution in [0, 0.1) is 6.42 Å². The van der Waals surface area contributed by atoms with Gasteiger partial charge in [0.2, 0.25) is 0 Å². The standard InChI is InChI=1S/C22H39N2/c1-4-7-9-11-13-15-17-20-19-21(24-22(6-3)23-20)18-16-14-12-10-8-5-2/h6,19H,4-5,7-18H2,1-3H3. The number of hydrogen-bond acceptors (Lipinski definition) is 2. The molecular weight excluding hydrogens is 292 g/mol. The molecule has 1 rings (SSSR count). The van der Waals surface area contributed by atoms with Gasteiger partial charge in [0.15, 0.2) is 0 Å². The number of aromatic nitrogens is 2. The molecule has 137 valence electrons. The van der Waals surface area contributed by atoms with Crippen molar-refractivity contribution in [3.63, 3.8) is 0 Å². The molecule has 0 fully saturated rings. The number of nitrogens with zero attached hydrogens (tertiary/aromatic N) is 2. The molecule has 0 aliphatic rings. The monoisotopic (exact) mass is 331 g/mol. The molecule has 1 aromatic rings. The van der Waals surface area contributed by atoms with Crippen LogP contribution in [0.4, 0.5) is 0 Å². The van der Waals surface area contributed by atoms with Crippen molar-refractivity contribution in [2.75, 3.05) is 0 Å². The van der Waals surface area contributed by atoms with Crippen LogP contribution in [-0.4, -0.2) is 9.97 Å². The molecule has 0 saturated carbocycles. The minimum atomic E-state index is 0.916. The van der Waals surface area contributed by atoms with Gasteiger partial charge in [-0.25, -0.2) is 9.97 Å². The lowest BCUT2D eigenvalue weighted by molar-refractivity contribution is 0.598. The van der Waals surface area contributed by atoms with Crippen molar-refractivity contribution in [3.8, 4) is 0 Å². The average molecular weight is 332 g/mol. The van der Waals surface area contributed by atoms with Crippen LogP contribution in [0.25, 0.3) is 0 Å². The highest BCUT2D eigenvalue weighted by atomic mass is 14.9. The van der Waals surface area contributed by atoms with Gasteiger partial charge in [0.25, 0.3) is 0 Å². The van der Waals surface area contributed by atoms with E-state index < -0.39 is 0 Å². The predicted molar refractivity (Wildman–Crippen MR) is 105 cm³/mol. The normalized spacial score (nSPS) is 11.1. The van der Waals surface area contributed by atoms with Gasteiger partial charge in [-0.2, -0.15) is 0 Å². The number of rotatable bonds is 15. The van der Waals surface area contributed by atoms with E-state index in [9.17, 15) is 0 Å². The summed E-state index contributed by atoms with van der Waals surface area (Å²) in [6, 6.07) is 2.26. The molecule has 0 saturated heterocycles. The van der Waals surface area contributed by atoms with E-state index >= 15 is 0 Å². The van der Waals surface area contributed by atoms with Crippen LogP contribution in [0.1, 0.15) is 115 Å². The van der Waals surface area contributed by atoms with Crippen LogP contribution < -0.4 is 0 Å². The van der Waals surface area contributed by atoms with Crippen molar-refractivity contribution in [2.24, 2.45) is 0 Å². The Labute approximate surface area is 150 Å². The molecule has 0 amide bonds. The van der Waals surface area contributed by atoms with E-state index in [4.69, 9.17) is 0 Å². The Kier molecular flexibility index (Phi) is 12.7. The maximum Gasteiger partial charge on any atom is 0.132 e. The Bertz CT molecular complexity index is 380. The lowest BCUT2D eigenvalue weighted by Crippen LogP contribution is -2.02. The lowest BCUT2D eigenvalue weighted by atomic mass is 10.1. The number of hydrogen-bond donors (Lipinski definition) is 0. The molecule has 0 spiro atoms. The topological polar surface area (TPSA) is 25.8 Å². The Morgan fingerprint density at radius 1 is 0.667 bits per heavy atom. The van der Waals surface area contributed by atoms with Crippen molar-refractivity contribution >= 4 is 0 Å². The van der Waals surface area contributed by atoms with E-state index in [1.54, 1.807) is 0 Å². The molecule has 2 nitrogen and oxygen atoms in total. The first-order chi connectivity index (χ1) is 11.8. The Morgan fingerprint density at radius 2 is 1.08 bits per heavy atom. The summed E-state index contributed by atoms with van der Waals surface area (Å²) < 4.78 is 0. The van der Waals surface area contributed by atoms with Crippen LogP contribution in [-0.2, 0) is 12.8 Å². The van der Waals surface area contributed by atoms with Crippen molar-refractivity contribution in [2.45, 2.75) is 111 Å². The summed E-state index contributed by atoms with van der Waals surface area (Å²) in [6.45, 7) is 6.59. The molecule has 1 heterocycles. The first-order valence-corrected chi connectivity index (χ1v) is 10.5. The molecule has 0 aliphatic heterocycles. The van der Waals surface area contributed by atoms with E-state index in [-0.39, 0.29) is 0 Å². The summed E-state index contributed by atoms with van der Waals surface area (Å²) in [6.07, 6.45) is 20.4. The van der Waals surface area contributed by atoms with Gasteiger partial charge in [-0.3, -0.25) is 0 Å². The maximum absolute atomic E-state index is 4.69. The zero-order chi connectivity index (χ0) is 17.5. The average Bonchev–Trinajstić information content (AvgIpc) is 2.61. The highest BCUT2D eigenvalue weighted by Crippen LogP contribution is 2.13. The third-order valence-corrected chi connectivity index (χ3v) is 4.68. The summed E-state index contributed by atoms with van der Waals surface area (Å²) in [5, 5.41) is 0. The maximum atomic E-state index is 4.69. The van der Waals surface area contributed by atoms with Crippen LogP contribution in [0.15, 0.2) is 6.07 Å². The van der Waals surface area contributed by atoms with E-state index in [0.29, 0.717) is 0 Å². The minimum Gasteiger partial charge on any atom is -0.238 e. The molecule has 2 heteroatoms. The molecule has 0 atom stereocenters. The summed E-state index contributed by atoms with van der Waals surface area (Å²) in [4.78, 5) is 9.38. The molecule has 24 heavy (non-hydrogen) atoms. The summed E-state index contributed by atoms with van der Waals surface area (Å²) >= 11 is 0. The second kappa shape index (κ2) is 14.4. The van der Waals surface area contributed by atoms with Crippen LogP contribution in [0.3, 0.4) is 0 Å². The first-order valence-electron chi connectivity index (χ1n) is 10.5. The molecule has 0 unspecified atom stereocenters. The zero-order valence-electron chi connectivity index (χ0n) is 16.4. The van der Waals surface area contributed by atoms with Gasteiger partial charge in [0, 0.05) is 17.8 Å². The Morgan fingerprint density at radius 3 is 1.50 bits per heavy atom. The molecule has 1 aromatic heterocycles. The molecule has 1 radical (unpaired) electrons. The van der Waals surface area contributed by atoms with Gasteiger partial charge in [0.1, 0.15) is 5.82 Å². The van der Waals surface area contributed by atoms with Crippen molar-refractivity contribution in [1.82, 2.24) is 9.97 Å². The van der Waals surface area contributed by atoms with Gasteiger partial charge in [-0.1, -0.05) is 85.0 Å². The molecule has 0 aliphatic carbocycles. The van der Waals surface area contributed by atoms with E-state index in [1.165, 1.54) is 88.4 Å². The fourth-order valence-electron chi connectivity index (χ4n) is 3.13. The highest BCUT2D eigenvalue weighted by Gasteiger charge is 2.04. The SMILES string of the molecule is C[CH]c1nc(CCCCCCCC)cc(CCCCCCCC)n1. The van der Waals surface area contributed by atoms with Gasteiger partial charge in [-0.15, -0.1) is 0 Å². The van der Waals surface area contributed by atoms with Crippen LogP contribution in [0.2, 0.25) is 0 Å². The fraction of sp³-hybridized carbons (Fsp3) is 0.773. The third kappa shape index (κ3) is 10.1. The third-order valence-electron chi connectivity index (χ3n) is 4.68. The largest absolute Gasteiger partial charge is 0.238 e. The molecule has 0 bridgehead atoms. The smallest absolute Gasteiger partial charge is 0.132 e. The molecule has 0 aromatic carbocycles. The zero-order valence-corrected chi connectivity index (χ0v) is 16.4. The summed E-state index contributed by atoms with van der Waals surface area (Å²) in [5.74, 6) is 0.916. The highest BCUT2D eigenvalue weighted by molar-refractivity contribution is 5.15. The van der Waals surface area contributed by atoms with Crippen LogP contribution >= 0.6 is 0 Å². The number of unbranched alkanes of at least 4 members (excludes halogenated alkanes) is 10. The van der Waals surface area contributed by atoms with Crippen molar-refractivity contribution in [3.05, 3.63) is 29.7 Å². The molecular formula is C22H39N2. The predicted octanol–water partition coefficient (Wildman–Crippen LogP) is 6.85. The Hall–Kier alpha value is -0.920. The Balaban J connectivity index is 2.34. The van der Waals surface area contributed by atoms with Gasteiger partial charge in [0.05, 0.1) is 0 Å². The van der Waals surface area contributed by atoms with Gasteiger partial charge >= 0.3 is 0 Å². The minimum absolute atomic E-state index is 0.916.